The first-order chi connectivity index (χ1) is 23.2. The van der Waals surface area contributed by atoms with E-state index in [0.29, 0.717) is 32.4 Å². The monoisotopic (exact) mass is 695 g/mol. The fourth-order valence-electron chi connectivity index (χ4n) is 6.45. The molecule has 3 fully saturated rings. The first kappa shape index (κ1) is 43.1. The summed E-state index contributed by atoms with van der Waals surface area (Å²) in [5, 5.41) is 6.35. The number of ether oxygens (including phenoxy) is 4. The molecule has 3 aliphatic rings. The van der Waals surface area contributed by atoms with E-state index in [1.165, 1.54) is 38.5 Å². The zero-order chi connectivity index (χ0) is 36.3. The van der Waals surface area contributed by atoms with Gasteiger partial charge in [-0.25, -0.2) is 0 Å². The van der Waals surface area contributed by atoms with Crippen LogP contribution in [0.2, 0.25) is 0 Å². The van der Waals surface area contributed by atoms with Crippen molar-refractivity contribution in [1.82, 2.24) is 10.6 Å². The van der Waals surface area contributed by atoms with E-state index in [2.05, 4.69) is 52.2 Å². The molecule has 0 spiro atoms. The Morgan fingerprint density at radius 3 is 1.53 bits per heavy atom. The van der Waals surface area contributed by atoms with Crippen LogP contribution in [-0.4, -0.2) is 81.9 Å². The lowest BCUT2D eigenvalue weighted by molar-refractivity contribution is -0.158. The summed E-state index contributed by atoms with van der Waals surface area (Å²) >= 11 is 0. The molecule has 0 bridgehead atoms. The van der Waals surface area contributed by atoms with E-state index in [-0.39, 0.29) is 53.6 Å². The van der Waals surface area contributed by atoms with E-state index >= 15 is 0 Å². The number of hydrogen-bond acceptors (Lipinski definition) is 10. The number of carbonyl (C=O) groups excluding carboxylic acids is 4. The van der Waals surface area contributed by atoms with Crippen LogP contribution in [0, 0.1) is 22.7 Å². The predicted molar refractivity (Wildman–Crippen MR) is 192 cm³/mol. The zero-order valence-electron chi connectivity index (χ0n) is 31.9. The quantitative estimate of drug-likeness (QED) is 0.102. The third-order valence-electron chi connectivity index (χ3n) is 9.63. The molecule has 2 atom stereocenters. The molecule has 0 aliphatic heterocycles. The van der Waals surface area contributed by atoms with Crippen LogP contribution in [0.5, 0.6) is 0 Å². The van der Waals surface area contributed by atoms with Crippen LogP contribution in [0.1, 0.15) is 144 Å². The van der Waals surface area contributed by atoms with Crippen LogP contribution in [-0.2, 0) is 38.1 Å². The SMILES string of the molecule is CC(C)(C)CNC(C=O)CC(=O)OCC1CCC(COC(=O)CC(NCC(C)(C)C)C(=O)OC2CCCCC2)CC1.COC1CCCCC1. The van der Waals surface area contributed by atoms with Crippen molar-refractivity contribution in [2.75, 3.05) is 33.4 Å². The Balaban J connectivity index is 0.000000908. The lowest BCUT2D eigenvalue weighted by Gasteiger charge is -2.29. The number of aldehydes is 1. The molecule has 10 nitrogen and oxygen atoms in total. The summed E-state index contributed by atoms with van der Waals surface area (Å²) in [5.74, 6) is -0.600. The topological polar surface area (TPSA) is 129 Å². The van der Waals surface area contributed by atoms with Gasteiger partial charge in [0.1, 0.15) is 18.4 Å². The standard InChI is InChI=1S/C32H56N2O7.C7H14O/c1-31(2,3)21-33-25(18-35)16-28(36)39-19-23-12-14-24(15-13-23)20-40-29(37)17-27(34-22-32(4,5)6)30(38)41-26-10-8-7-9-11-26;1-8-7-5-3-2-4-6-7/h18,23-27,33-34H,7-17,19-22H2,1-6H3;7H,2-6H2,1H3. The molecule has 0 aromatic heterocycles. The van der Waals surface area contributed by atoms with E-state index < -0.39 is 18.1 Å². The second-order valence-corrected chi connectivity index (χ2v) is 17.0. The van der Waals surface area contributed by atoms with Crippen molar-refractivity contribution in [3.8, 4) is 0 Å². The summed E-state index contributed by atoms with van der Waals surface area (Å²) in [6.45, 7) is 14.3. The van der Waals surface area contributed by atoms with E-state index in [4.69, 9.17) is 18.9 Å². The molecule has 2 N–H and O–H groups in total. The van der Waals surface area contributed by atoms with Crippen molar-refractivity contribution in [1.29, 1.82) is 0 Å². The van der Waals surface area contributed by atoms with Gasteiger partial charge in [-0.3, -0.25) is 14.4 Å². The Morgan fingerprint density at radius 2 is 1.10 bits per heavy atom. The van der Waals surface area contributed by atoms with Crippen molar-refractivity contribution in [3.63, 3.8) is 0 Å². The molecule has 284 valence electrons. The molecular weight excluding hydrogens is 624 g/mol. The molecule has 0 aromatic rings. The highest BCUT2D eigenvalue weighted by Gasteiger charge is 2.30. The van der Waals surface area contributed by atoms with Crippen molar-refractivity contribution < 1.29 is 38.1 Å². The highest BCUT2D eigenvalue weighted by Crippen LogP contribution is 2.29. The normalized spacial score (nSPS) is 22.2. The van der Waals surface area contributed by atoms with Crippen molar-refractivity contribution in [2.45, 2.75) is 169 Å². The van der Waals surface area contributed by atoms with Gasteiger partial charge in [-0.2, -0.15) is 0 Å². The van der Waals surface area contributed by atoms with Gasteiger partial charge in [0.25, 0.3) is 0 Å². The Labute approximate surface area is 297 Å². The number of carbonyl (C=O) groups is 4. The smallest absolute Gasteiger partial charge is 0.324 e. The third kappa shape index (κ3) is 20.4. The number of rotatable bonds is 16. The summed E-state index contributed by atoms with van der Waals surface area (Å²) in [6.07, 6.45) is 16.7. The molecule has 3 aliphatic carbocycles. The highest BCUT2D eigenvalue weighted by molar-refractivity contribution is 5.82. The maximum atomic E-state index is 12.9. The second kappa shape index (κ2) is 22.7. The first-order valence-electron chi connectivity index (χ1n) is 19.1. The van der Waals surface area contributed by atoms with Gasteiger partial charge in [0, 0.05) is 20.2 Å². The second-order valence-electron chi connectivity index (χ2n) is 17.0. The largest absolute Gasteiger partial charge is 0.465 e. The van der Waals surface area contributed by atoms with Crippen LogP contribution in [0.15, 0.2) is 0 Å². The lowest BCUT2D eigenvalue weighted by Crippen LogP contribution is -2.45. The Hall–Kier alpha value is -2.04. The van der Waals surface area contributed by atoms with Gasteiger partial charge in [-0.1, -0.05) is 67.2 Å². The van der Waals surface area contributed by atoms with E-state index in [1.54, 1.807) is 0 Å². The summed E-state index contributed by atoms with van der Waals surface area (Å²) < 4.78 is 22.0. The molecule has 0 aromatic carbocycles. The minimum absolute atomic E-state index is 0.0172. The fourth-order valence-corrected chi connectivity index (χ4v) is 6.45. The van der Waals surface area contributed by atoms with Crippen molar-refractivity contribution in [3.05, 3.63) is 0 Å². The molecule has 0 radical (unpaired) electrons. The summed E-state index contributed by atoms with van der Waals surface area (Å²) in [6, 6.07) is -1.25. The number of methoxy groups -OCH3 is 1. The van der Waals surface area contributed by atoms with Crippen LogP contribution in [0.25, 0.3) is 0 Å². The number of esters is 3. The molecule has 2 unspecified atom stereocenters. The van der Waals surface area contributed by atoms with Crippen molar-refractivity contribution in [2.24, 2.45) is 22.7 Å². The summed E-state index contributed by atoms with van der Waals surface area (Å²) in [4.78, 5) is 49.2. The Kier molecular flexibility index (Phi) is 20.0. The van der Waals surface area contributed by atoms with E-state index in [9.17, 15) is 19.2 Å². The fraction of sp³-hybridized carbons (Fsp3) is 0.897. The Morgan fingerprint density at radius 1 is 0.653 bits per heavy atom. The zero-order valence-corrected chi connectivity index (χ0v) is 31.9. The molecule has 0 saturated heterocycles. The van der Waals surface area contributed by atoms with Gasteiger partial charge in [0.2, 0.25) is 0 Å². The summed E-state index contributed by atoms with van der Waals surface area (Å²) in [5.41, 5.74) is -0.0249. The van der Waals surface area contributed by atoms with Gasteiger partial charge in [-0.05, 0) is 86.9 Å². The number of hydrogen-bond donors (Lipinski definition) is 2. The van der Waals surface area contributed by atoms with Crippen LogP contribution < -0.4 is 10.6 Å². The van der Waals surface area contributed by atoms with E-state index in [0.717, 1.165) is 57.7 Å². The predicted octanol–water partition coefficient (Wildman–Crippen LogP) is 6.71. The third-order valence-corrected chi connectivity index (χ3v) is 9.63. The summed E-state index contributed by atoms with van der Waals surface area (Å²) in [7, 11) is 1.82. The van der Waals surface area contributed by atoms with Gasteiger partial charge in [-0.15, -0.1) is 0 Å². The van der Waals surface area contributed by atoms with Crippen molar-refractivity contribution >= 4 is 24.2 Å². The highest BCUT2D eigenvalue weighted by atomic mass is 16.6. The molecule has 3 rings (SSSR count). The van der Waals surface area contributed by atoms with Crippen LogP contribution in [0.4, 0.5) is 0 Å². The van der Waals surface area contributed by atoms with Gasteiger partial charge in [0.15, 0.2) is 0 Å². The first-order valence-corrected chi connectivity index (χ1v) is 19.1. The van der Waals surface area contributed by atoms with Crippen LogP contribution >= 0.6 is 0 Å². The minimum Gasteiger partial charge on any atom is -0.465 e. The molecule has 10 heteroatoms. The molecule has 0 amide bonds. The molecule has 0 heterocycles. The van der Waals surface area contributed by atoms with Gasteiger partial charge >= 0.3 is 17.9 Å². The molecule has 49 heavy (non-hydrogen) atoms. The minimum atomic E-state index is -0.712. The Bertz CT molecular complexity index is 955. The maximum absolute atomic E-state index is 12.9. The number of nitrogens with one attached hydrogen (secondary N) is 2. The van der Waals surface area contributed by atoms with E-state index in [1.807, 2.05) is 7.11 Å². The van der Waals surface area contributed by atoms with Crippen LogP contribution in [0.3, 0.4) is 0 Å². The average molecular weight is 695 g/mol. The molecular formula is C39H70N2O8. The molecule has 3 saturated carbocycles. The average Bonchev–Trinajstić information content (AvgIpc) is 3.07. The lowest BCUT2D eigenvalue weighted by atomic mass is 9.83. The van der Waals surface area contributed by atoms with Gasteiger partial charge < -0.3 is 34.4 Å². The maximum Gasteiger partial charge on any atom is 0.324 e. The van der Waals surface area contributed by atoms with Gasteiger partial charge in [0.05, 0.1) is 38.2 Å².